The van der Waals surface area contributed by atoms with E-state index in [2.05, 4.69) is 15.6 Å². The van der Waals surface area contributed by atoms with Crippen LogP contribution in [-0.4, -0.2) is 20.7 Å². The lowest BCUT2D eigenvalue weighted by Crippen LogP contribution is -2.33. The molecule has 2 heterocycles. The molecule has 0 bridgehead atoms. The molecule has 0 saturated carbocycles. The van der Waals surface area contributed by atoms with Crippen LogP contribution in [0.2, 0.25) is 0 Å². The maximum atomic E-state index is 11.2. The number of hydrogen-bond acceptors (Lipinski definition) is 4. The van der Waals surface area contributed by atoms with Crippen LogP contribution < -0.4 is 11.3 Å². The third-order valence-corrected chi connectivity index (χ3v) is 2.19. The first-order valence-electron chi connectivity index (χ1n) is 4.26. The molecule has 0 aliphatic carbocycles. The van der Waals surface area contributed by atoms with Gasteiger partial charge in [0.1, 0.15) is 5.82 Å². The normalized spacial score (nSPS) is 15.2. The molecular weight excluding hydrogens is 170 g/mol. The van der Waals surface area contributed by atoms with Crippen LogP contribution >= 0.6 is 0 Å². The molecule has 0 saturated heterocycles. The zero-order chi connectivity index (χ0) is 9.26. The van der Waals surface area contributed by atoms with Crippen molar-refractivity contribution in [3.8, 4) is 0 Å². The Balaban J connectivity index is 2.36. The molecule has 1 aromatic rings. The number of amides is 1. The van der Waals surface area contributed by atoms with E-state index < -0.39 is 0 Å². The molecule has 3 N–H and O–H groups in total. The topological polar surface area (TPSA) is 85.8 Å². The molecule has 6 heteroatoms. The first-order valence-corrected chi connectivity index (χ1v) is 4.26. The molecule has 2 rings (SSSR count). The van der Waals surface area contributed by atoms with Gasteiger partial charge < -0.3 is 4.57 Å². The summed E-state index contributed by atoms with van der Waals surface area (Å²) in [6.45, 7) is 0.811. The van der Waals surface area contributed by atoms with Gasteiger partial charge in [-0.3, -0.25) is 10.2 Å². The lowest BCUT2D eigenvalue weighted by molar-refractivity contribution is 0.0937. The van der Waals surface area contributed by atoms with Crippen LogP contribution in [0.15, 0.2) is 0 Å². The van der Waals surface area contributed by atoms with Gasteiger partial charge in [0.2, 0.25) is 5.82 Å². The summed E-state index contributed by atoms with van der Waals surface area (Å²) in [6.07, 6.45) is 3.07. The van der Waals surface area contributed by atoms with E-state index >= 15 is 0 Å². The van der Waals surface area contributed by atoms with Gasteiger partial charge in [0.15, 0.2) is 0 Å². The Bertz CT molecular complexity index is 332. The Hall–Kier alpha value is -1.43. The fourth-order valence-corrected chi connectivity index (χ4v) is 1.54. The number of carbonyl (C=O) groups is 1. The molecule has 1 aliphatic heterocycles. The Labute approximate surface area is 75.1 Å². The third kappa shape index (κ3) is 1.29. The Morgan fingerprint density at radius 2 is 2.31 bits per heavy atom. The summed E-state index contributed by atoms with van der Waals surface area (Å²) in [5.41, 5.74) is 2.06. The number of carbonyl (C=O) groups excluding carboxylic acids is 1. The van der Waals surface area contributed by atoms with E-state index in [1.165, 1.54) is 0 Å². The zero-order valence-corrected chi connectivity index (χ0v) is 7.16. The fourth-order valence-electron chi connectivity index (χ4n) is 1.54. The largest absolute Gasteiger partial charge is 0.307 e. The molecular formula is C7H11N5O. The first-order chi connectivity index (χ1) is 6.33. The summed E-state index contributed by atoms with van der Waals surface area (Å²) in [7, 11) is 0. The van der Waals surface area contributed by atoms with Crippen LogP contribution in [-0.2, 0) is 13.0 Å². The molecule has 1 amide bonds. The van der Waals surface area contributed by atoms with E-state index in [1.54, 1.807) is 0 Å². The number of nitrogens with one attached hydrogen (secondary N) is 1. The maximum Gasteiger partial charge on any atom is 0.303 e. The summed E-state index contributed by atoms with van der Waals surface area (Å²) in [5, 5.41) is 7.71. The highest BCUT2D eigenvalue weighted by Crippen LogP contribution is 2.13. The quantitative estimate of drug-likeness (QED) is 0.338. The van der Waals surface area contributed by atoms with Gasteiger partial charge in [-0.05, 0) is 12.8 Å². The predicted molar refractivity (Wildman–Crippen MR) is 44.6 cm³/mol. The van der Waals surface area contributed by atoms with Gasteiger partial charge in [0.05, 0.1) is 0 Å². The minimum atomic E-state index is -0.374. The molecule has 1 aliphatic rings. The third-order valence-electron chi connectivity index (χ3n) is 2.19. The lowest BCUT2D eigenvalue weighted by Gasteiger charge is -2.13. The molecule has 0 atom stereocenters. The van der Waals surface area contributed by atoms with Crippen molar-refractivity contribution in [1.82, 2.24) is 20.2 Å². The highest BCUT2D eigenvalue weighted by atomic mass is 16.2. The van der Waals surface area contributed by atoms with E-state index in [-0.39, 0.29) is 5.91 Å². The smallest absolute Gasteiger partial charge is 0.303 e. The zero-order valence-electron chi connectivity index (χ0n) is 7.16. The van der Waals surface area contributed by atoms with Gasteiger partial charge in [-0.1, -0.05) is 0 Å². The number of hydrogen-bond donors (Lipinski definition) is 2. The van der Waals surface area contributed by atoms with E-state index in [1.807, 2.05) is 4.57 Å². The van der Waals surface area contributed by atoms with Crippen molar-refractivity contribution in [3.05, 3.63) is 11.6 Å². The van der Waals surface area contributed by atoms with Crippen molar-refractivity contribution in [1.29, 1.82) is 0 Å². The Kier molecular flexibility index (Phi) is 1.97. The summed E-state index contributed by atoms with van der Waals surface area (Å²) in [6, 6.07) is 0. The predicted octanol–water partition coefficient (Wildman–Crippen LogP) is -0.782. The molecule has 0 spiro atoms. The van der Waals surface area contributed by atoms with Crippen LogP contribution in [0.4, 0.5) is 0 Å². The van der Waals surface area contributed by atoms with Crippen LogP contribution in [0.5, 0.6) is 0 Å². The fraction of sp³-hybridized carbons (Fsp3) is 0.571. The van der Waals surface area contributed by atoms with Gasteiger partial charge >= 0.3 is 5.91 Å². The Morgan fingerprint density at radius 3 is 3.08 bits per heavy atom. The van der Waals surface area contributed by atoms with E-state index in [0.29, 0.717) is 5.82 Å². The van der Waals surface area contributed by atoms with Crippen LogP contribution in [0.25, 0.3) is 0 Å². The maximum absolute atomic E-state index is 11.2. The van der Waals surface area contributed by atoms with Crippen molar-refractivity contribution >= 4 is 5.91 Å². The van der Waals surface area contributed by atoms with Crippen molar-refractivity contribution < 1.29 is 4.79 Å². The number of hydrazine groups is 1. The molecule has 1 aromatic heterocycles. The van der Waals surface area contributed by atoms with Crippen LogP contribution in [0, 0.1) is 0 Å². The minimum Gasteiger partial charge on any atom is -0.307 e. The summed E-state index contributed by atoms with van der Waals surface area (Å²) >= 11 is 0. The molecule has 70 valence electrons. The highest BCUT2D eigenvalue weighted by Gasteiger charge is 2.19. The van der Waals surface area contributed by atoms with Crippen molar-refractivity contribution in [2.45, 2.75) is 25.8 Å². The Morgan fingerprint density at radius 1 is 1.46 bits per heavy atom. The molecule has 0 fully saturated rings. The summed E-state index contributed by atoms with van der Waals surface area (Å²) in [5.74, 6) is 5.84. The summed E-state index contributed by atoms with van der Waals surface area (Å²) in [4.78, 5) is 11.2. The van der Waals surface area contributed by atoms with Gasteiger partial charge in [0, 0.05) is 13.0 Å². The lowest BCUT2D eigenvalue weighted by atomic mass is 10.2. The van der Waals surface area contributed by atoms with Gasteiger partial charge in [-0.25, -0.2) is 5.84 Å². The SMILES string of the molecule is NNC(=O)c1nnc2n1CCCC2. The number of fused-ring (bicyclic) bond motifs is 1. The number of nitrogens with zero attached hydrogens (tertiary/aromatic N) is 3. The molecule has 0 aromatic carbocycles. The van der Waals surface area contributed by atoms with Crippen molar-refractivity contribution in [2.75, 3.05) is 0 Å². The number of rotatable bonds is 1. The van der Waals surface area contributed by atoms with Crippen LogP contribution in [0.1, 0.15) is 29.3 Å². The van der Waals surface area contributed by atoms with E-state index in [4.69, 9.17) is 5.84 Å². The first kappa shape index (κ1) is 8.18. The molecule has 0 unspecified atom stereocenters. The number of nitrogens with two attached hydrogens (primary N) is 1. The van der Waals surface area contributed by atoms with Crippen molar-refractivity contribution in [3.63, 3.8) is 0 Å². The molecule has 6 nitrogen and oxygen atoms in total. The number of aromatic nitrogens is 3. The summed E-state index contributed by atoms with van der Waals surface area (Å²) < 4.78 is 1.83. The van der Waals surface area contributed by atoms with Gasteiger partial charge in [0.25, 0.3) is 0 Å². The number of nitrogen functional groups attached to an aromatic ring is 1. The van der Waals surface area contributed by atoms with Gasteiger partial charge in [-0.2, -0.15) is 0 Å². The second-order valence-corrected chi connectivity index (χ2v) is 3.02. The molecule has 0 radical (unpaired) electrons. The standard InChI is InChI=1S/C7H11N5O/c8-9-7(13)6-11-10-5-3-1-2-4-12(5)6/h1-4,8H2,(H,9,13). The van der Waals surface area contributed by atoms with E-state index in [9.17, 15) is 4.79 Å². The monoisotopic (exact) mass is 181 g/mol. The van der Waals surface area contributed by atoms with Crippen LogP contribution in [0.3, 0.4) is 0 Å². The average Bonchev–Trinajstić information content (AvgIpc) is 2.60. The van der Waals surface area contributed by atoms with Gasteiger partial charge in [-0.15, -0.1) is 10.2 Å². The highest BCUT2D eigenvalue weighted by molar-refractivity contribution is 5.90. The average molecular weight is 181 g/mol. The van der Waals surface area contributed by atoms with E-state index in [0.717, 1.165) is 31.6 Å². The second-order valence-electron chi connectivity index (χ2n) is 3.02. The second kappa shape index (κ2) is 3.14. The number of aryl methyl sites for hydroxylation is 1. The van der Waals surface area contributed by atoms with Crippen molar-refractivity contribution in [2.24, 2.45) is 5.84 Å². The minimum absolute atomic E-state index is 0.317. The molecule has 13 heavy (non-hydrogen) atoms.